The molecule has 0 saturated carbocycles. The van der Waals surface area contributed by atoms with E-state index in [1.54, 1.807) is 42.5 Å². The molecule has 0 aliphatic carbocycles. The molecule has 0 heterocycles. The Morgan fingerprint density at radius 2 is 1.94 bits per heavy atom. The highest BCUT2D eigenvalue weighted by atomic mass is 35.5. The van der Waals surface area contributed by atoms with Crippen LogP contribution in [0.25, 0.3) is 0 Å². The molecule has 0 spiro atoms. The van der Waals surface area contributed by atoms with Crippen molar-refractivity contribution in [2.24, 2.45) is 0 Å². The Balaban J connectivity index is 2.35. The zero-order valence-corrected chi connectivity index (χ0v) is 9.61. The van der Waals surface area contributed by atoms with E-state index >= 15 is 0 Å². The van der Waals surface area contributed by atoms with E-state index in [-0.39, 0.29) is 0 Å². The van der Waals surface area contributed by atoms with Crippen molar-refractivity contribution in [1.29, 1.82) is 5.26 Å². The lowest BCUT2D eigenvalue weighted by atomic mass is 10.2. The summed E-state index contributed by atoms with van der Waals surface area (Å²) >= 11 is 5.98. The minimum atomic E-state index is 0.407. The monoisotopic (exact) mass is 244 g/mol. The van der Waals surface area contributed by atoms with Crippen LogP contribution in [0.2, 0.25) is 5.02 Å². The van der Waals surface area contributed by atoms with Crippen LogP contribution in [-0.2, 0) is 0 Å². The quantitative estimate of drug-likeness (QED) is 0.822. The smallest absolute Gasteiger partial charge is 0.168 e. The van der Waals surface area contributed by atoms with Gasteiger partial charge in [-0.15, -0.1) is 0 Å². The van der Waals surface area contributed by atoms with Gasteiger partial charge in [-0.3, -0.25) is 0 Å². The summed E-state index contributed by atoms with van der Waals surface area (Å²) in [5.41, 5.74) is 6.74. The van der Waals surface area contributed by atoms with Crippen molar-refractivity contribution in [1.82, 2.24) is 0 Å². The molecule has 3 nitrogen and oxygen atoms in total. The molecule has 84 valence electrons. The van der Waals surface area contributed by atoms with Crippen molar-refractivity contribution < 1.29 is 4.74 Å². The van der Waals surface area contributed by atoms with Gasteiger partial charge < -0.3 is 10.5 Å². The summed E-state index contributed by atoms with van der Waals surface area (Å²) in [5, 5.41) is 9.22. The number of hydrogen-bond donors (Lipinski definition) is 1. The summed E-state index contributed by atoms with van der Waals surface area (Å²) in [7, 11) is 0. The molecule has 0 aliphatic rings. The van der Waals surface area contributed by atoms with Gasteiger partial charge in [-0.2, -0.15) is 5.26 Å². The van der Waals surface area contributed by atoms with Crippen LogP contribution in [0.5, 0.6) is 11.5 Å². The largest absolute Gasteiger partial charge is 0.454 e. The fraction of sp³-hybridized carbons (Fsp3) is 0. The number of para-hydroxylation sites is 1. The maximum Gasteiger partial charge on any atom is 0.168 e. The molecular weight excluding hydrogens is 236 g/mol. The first-order valence-corrected chi connectivity index (χ1v) is 5.30. The summed E-state index contributed by atoms with van der Waals surface area (Å²) in [6.07, 6.45) is 0. The van der Waals surface area contributed by atoms with Crippen LogP contribution in [-0.4, -0.2) is 0 Å². The van der Waals surface area contributed by atoms with Crippen LogP contribution in [0, 0.1) is 11.3 Å². The number of nitriles is 1. The number of benzene rings is 2. The van der Waals surface area contributed by atoms with E-state index < -0.39 is 0 Å². The topological polar surface area (TPSA) is 59.0 Å². The van der Waals surface area contributed by atoms with Crippen molar-refractivity contribution in [2.45, 2.75) is 0 Å². The molecule has 0 radical (unpaired) electrons. The van der Waals surface area contributed by atoms with Crippen molar-refractivity contribution in [3.8, 4) is 17.6 Å². The maximum atomic E-state index is 8.78. The summed E-state index contributed by atoms with van der Waals surface area (Å²) in [6.45, 7) is 0. The number of ether oxygens (including phenoxy) is 1. The highest BCUT2D eigenvalue weighted by molar-refractivity contribution is 6.32. The van der Waals surface area contributed by atoms with E-state index in [0.717, 1.165) is 0 Å². The predicted molar refractivity (Wildman–Crippen MR) is 67.1 cm³/mol. The zero-order chi connectivity index (χ0) is 12.3. The summed E-state index contributed by atoms with van der Waals surface area (Å²) < 4.78 is 5.57. The van der Waals surface area contributed by atoms with Gasteiger partial charge >= 0.3 is 0 Å². The molecule has 0 saturated heterocycles. The first-order valence-electron chi connectivity index (χ1n) is 4.92. The van der Waals surface area contributed by atoms with E-state index in [9.17, 15) is 0 Å². The molecule has 17 heavy (non-hydrogen) atoms. The second kappa shape index (κ2) is 4.77. The third kappa shape index (κ3) is 2.49. The van der Waals surface area contributed by atoms with Gasteiger partial charge in [-0.1, -0.05) is 23.7 Å². The summed E-state index contributed by atoms with van der Waals surface area (Å²) in [5.74, 6) is 0.938. The number of hydrogen-bond acceptors (Lipinski definition) is 3. The van der Waals surface area contributed by atoms with Crippen molar-refractivity contribution in [3.05, 3.63) is 53.1 Å². The predicted octanol–water partition coefficient (Wildman–Crippen LogP) is 3.59. The number of anilines is 1. The second-order valence-electron chi connectivity index (χ2n) is 3.40. The SMILES string of the molecule is N#Cc1cccc(Oc2c(N)cccc2Cl)c1. The van der Waals surface area contributed by atoms with Gasteiger partial charge in [-0.05, 0) is 30.3 Å². The van der Waals surface area contributed by atoms with Gasteiger partial charge in [0.1, 0.15) is 5.75 Å². The van der Waals surface area contributed by atoms with Crippen LogP contribution in [0.3, 0.4) is 0 Å². The highest BCUT2D eigenvalue weighted by Gasteiger charge is 2.07. The zero-order valence-electron chi connectivity index (χ0n) is 8.85. The van der Waals surface area contributed by atoms with Gasteiger partial charge in [0, 0.05) is 0 Å². The molecule has 0 aliphatic heterocycles. The minimum Gasteiger partial charge on any atom is -0.454 e. The van der Waals surface area contributed by atoms with E-state index in [1.807, 2.05) is 6.07 Å². The van der Waals surface area contributed by atoms with Crippen LogP contribution in [0.1, 0.15) is 5.56 Å². The molecule has 2 aromatic rings. The number of nitrogens with zero attached hydrogens (tertiary/aromatic N) is 1. The summed E-state index contributed by atoms with van der Waals surface area (Å²) in [6, 6.07) is 14.0. The number of nitrogens with two attached hydrogens (primary N) is 1. The maximum absolute atomic E-state index is 8.78. The molecule has 4 heteroatoms. The Kier molecular flexibility index (Phi) is 3.17. The molecule has 0 bridgehead atoms. The van der Waals surface area contributed by atoms with Crippen LogP contribution < -0.4 is 10.5 Å². The third-order valence-corrected chi connectivity index (χ3v) is 2.48. The van der Waals surface area contributed by atoms with E-state index in [1.165, 1.54) is 0 Å². The fourth-order valence-electron chi connectivity index (χ4n) is 1.38. The lowest BCUT2D eigenvalue weighted by Crippen LogP contribution is -1.92. The third-order valence-electron chi connectivity index (χ3n) is 2.18. The average Bonchev–Trinajstić information content (AvgIpc) is 2.34. The van der Waals surface area contributed by atoms with Crippen molar-refractivity contribution in [3.63, 3.8) is 0 Å². The molecule has 0 fully saturated rings. The number of nitrogen functional groups attached to an aromatic ring is 1. The molecule has 2 N–H and O–H groups in total. The molecule has 0 aromatic heterocycles. The fourth-order valence-corrected chi connectivity index (χ4v) is 1.60. The average molecular weight is 245 g/mol. The molecule has 0 unspecified atom stereocenters. The number of halogens is 1. The van der Waals surface area contributed by atoms with E-state index in [4.69, 9.17) is 27.3 Å². The Hall–Kier alpha value is -2.18. The normalized spacial score (nSPS) is 9.65. The van der Waals surface area contributed by atoms with Gasteiger partial charge in [-0.25, -0.2) is 0 Å². The van der Waals surface area contributed by atoms with Crippen molar-refractivity contribution >= 4 is 17.3 Å². The van der Waals surface area contributed by atoms with Crippen LogP contribution >= 0.6 is 11.6 Å². The highest BCUT2D eigenvalue weighted by Crippen LogP contribution is 2.34. The van der Waals surface area contributed by atoms with Crippen molar-refractivity contribution in [2.75, 3.05) is 5.73 Å². The molecule has 2 rings (SSSR count). The molecule has 0 amide bonds. The number of rotatable bonds is 2. The Bertz CT molecular complexity index is 570. The van der Waals surface area contributed by atoms with Crippen LogP contribution in [0.4, 0.5) is 5.69 Å². The van der Waals surface area contributed by atoms with E-state index in [2.05, 4.69) is 0 Å². The molecule has 2 aromatic carbocycles. The first kappa shape index (κ1) is 11.3. The Morgan fingerprint density at radius 3 is 2.65 bits per heavy atom. The Morgan fingerprint density at radius 1 is 1.18 bits per heavy atom. The molecule has 0 atom stereocenters. The van der Waals surface area contributed by atoms with Gasteiger partial charge in [0.05, 0.1) is 22.3 Å². The second-order valence-corrected chi connectivity index (χ2v) is 3.81. The molecular formula is C13H9ClN2O. The van der Waals surface area contributed by atoms with Gasteiger partial charge in [0.25, 0.3) is 0 Å². The minimum absolute atomic E-state index is 0.407. The lowest BCUT2D eigenvalue weighted by molar-refractivity contribution is 0.485. The standard InChI is InChI=1S/C13H9ClN2O/c14-11-5-2-6-12(16)13(11)17-10-4-1-3-9(7-10)8-15/h1-7H,16H2. The Labute approximate surface area is 104 Å². The van der Waals surface area contributed by atoms with Crippen LogP contribution in [0.15, 0.2) is 42.5 Å². The summed E-state index contributed by atoms with van der Waals surface area (Å²) in [4.78, 5) is 0. The van der Waals surface area contributed by atoms with E-state index in [0.29, 0.717) is 27.8 Å². The van der Waals surface area contributed by atoms with Gasteiger partial charge in [0.2, 0.25) is 0 Å². The van der Waals surface area contributed by atoms with Gasteiger partial charge in [0.15, 0.2) is 5.75 Å². The first-order chi connectivity index (χ1) is 8.20. The lowest BCUT2D eigenvalue weighted by Gasteiger charge is -2.09.